The van der Waals surface area contributed by atoms with Gasteiger partial charge in [0, 0.05) is 0 Å². The molecular formula is C11H9NO2. The summed E-state index contributed by atoms with van der Waals surface area (Å²) in [6.45, 7) is 0. The lowest BCUT2D eigenvalue weighted by molar-refractivity contribution is -0.127. The largest absolute Gasteiger partial charge is 0.302 e. The van der Waals surface area contributed by atoms with Gasteiger partial charge in [-0.2, -0.15) is 0 Å². The Labute approximate surface area is 82.1 Å². The van der Waals surface area contributed by atoms with Crippen molar-refractivity contribution in [3.8, 4) is 12.3 Å². The van der Waals surface area contributed by atoms with Crippen LogP contribution in [-0.2, 0) is 16.0 Å². The average molecular weight is 187 g/mol. The van der Waals surface area contributed by atoms with Gasteiger partial charge in [-0.15, -0.1) is 6.42 Å². The van der Waals surface area contributed by atoms with E-state index in [9.17, 15) is 9.59 Å². The van der Waals surface area contributed by atoms with Gasteiger partial charge >= 0.3 is 5.91 Å². The van der Waals surface area contributed by atoms with E-state index in [0.717, 1.165) is 5.56 Å². The molecule has 0 aliphatic rings. The molecule has 0 bridgehead atoms. The van der Waals surface area contributed by atoms with Crippen molar-refractivity contribution in [2.75, 3.05) is 0 Å². The second-order valence-corrected chi connectivity index (χ2v) is 2.68. The van der Waals surface area contributed by atoms with Crippen LogP contribution in [0.1, 0.15) is 5.56 Å². The van der Waals surface area contributed by atoms with Crippen LogP contribution in [0.4, 0.5) is 0 Å². The van der Waals surface area contributed by atoms with Crippen LogP contribution >= 0.6 is 0 Å². The first-order chi connectivity index (χ1) is 6.72. The highest BCUT2D eigenvalue weighted by Gasteiger charge is 2.05. The summed E-state index contributed by atoms with van der Waals surface area (Å²) in [5.74, 6) is 0.718. The van der Waals surface area contributed by atoms with E-state index in [4.69, 9.17) is 6.42 Å². The monoisotopic (exact) mass is 187 g/mol. The van der Waals surface area contributed by atoms with Crippen LogP contribution in [0.3, 0.4) is 0 Å². The van der Waals surface area contributed by atoms with Crippen LogP contribution in [0, 0.1) is 12.3 Å². The third-order valence-electron chi connectivity index (χ3n) is 1.59. The number of nitrogens with one attached hydrogen (secondary N) is 1. The number of hydrogen-bond donors (Lipinski definition) is 1. The molecule has 3 nitrogen and oxygen atoms in total. The van der Waals surface area contributed by atoms with Crippen LogP contribution in [-0.4, -0.2) is 11.8 Å². The van der Waals surface area contributed by atoms with E-state index in [-0.39, 0.29) is 12.3 Å². The van der Waals surface area contributed by atoms with Crippen LogP contribution in [0.5, 0.6) is 0 Å². The molecule has 1 rings (SSSR count). The Morgan fingerprint density at radius 3 is 2.50 bits per heavy atom. The van der Waals surface area contributed by atoms with Crippen LogP contribution < -0.4 is 5.32 Å². The molecule has 1 aromatic rings. The van der Waals surface area contributed by atoms with E-state index in [0.29, 0.717) is 0 Å². The van der Waals surface area contributed by atoms with Gasteiger partial charge in [-0.3, -0.25) is 14.9 Å². The maximum Gasteiger partial charge on any atom is 0.302 e. The van der Waals surface area contributed by atoms with Crippen molar-refractivity contribution in [3.63, 3.8) is 0 Å². The molecule has 0 saturated heterocycles. The highest BCUT2D eigenvalue weighted by Crippen LogP contribution is 1.98. The van der Waals surface area contributed by atoms with Crippen molar-refractivity contribution >= 4 is 11.8 Å². The fraction of sp³-hybridized carbons (Fsp3) is 0.0909. The minimum atomic E-state index is -0.703. The minimum Gasteiger partial charge on any atom is -0.285 e. The van der Waals surface area contributed by atoms with Crippen molar-refractivity contribution in [1.82, 2.24) is 5.32 Å². The van der Waals surface area contributed by atoms with Crippen LogP contribution in [0.2, 0.25) is 0 Å². The Morgan fingerprint density at radius 2 is 1.93 bits per heavy atom. The van der Waals surface area contributed by atoms with Crippen molar-refractivity contribution in [1.29, 1.82) is 0 Å². The highest BCUT2D eigenvalue weighted by molar-refractivity contribution is 6.04. The molecule has 0 unspecified atom stereocenters. The molecule has 70 valence electrons. The van der Waals surface area contributed by atoms with Crippen molar-refractivity contribution < 1.29 is 9.59 Å². The Kier molecular flexibility index (Phi) is 3.45. The number of benzene rings is 1. The number of hydrogen-bond acceptors (Lipinski definition) is 2. The number of rotatable bonds is 2. The maximum atomic E-state index is 11.2. The zero-order valence-corrected chi connectivity index (χ0v) is 7.49. The lowest BCUT2D eigenvalue weighted by atomic mass is 10.1. The van der Waals surface area contributed by atoms with Crippen molar-refractivity contribution in [3.05, 3.63) is 35.9 Å². The first-order valence-corrected chi connectivity index (χ1v) is 4.06. The molecule has 0 aromatic heterocycles. The summed E-state index contributed by atoms with van der Waals surface area (Å²) in [5, 5.41) is 2.06. The number of carbonyl (C=O) groups is 2. The Balaban J connectivity index is 2.51. The lowest BCUT2D eigenvalue weighted by Gasteiger charge is -1.99. The van der Waals surface area contributed by atoms with E-state index in [1.165, 1.54) is 0 Å². The van der Waals surface area contributed by atoms with Gasteiger partial charge in [0.25, 0.3) is 0 Å². The summed E-state index contributed by atoms with van der Waals surface area (Å²) < 4.78 is 0. The zero-order valence-electron chi connectivity index (χ0n) is 7.49. The summed E-state index contributed by atoms with van der Waals surface area (Å²) in [6, 6.07) is 9.12. The third kappa shape index (κ3) is 3.11. The molecular weight excluding hydrogens is 178 g/mol. The fourth-order valence-electron chi connectivity index (χ4n) is 0.988. The highest BCUT2D eigenvalue weighted by atomic mass is 16.2. The maximum absolute atomic E-state index is 11.2. The van der Waals surface area contributed by atoms with Gasteiger partial charge in [-0.25, -0.2) is 0 Å². The molecule has 0 saturated carbocycles. The molecule has 0 spiro atoms. The summed E-state index contributed by atoms with van der Waals surface area (Å²) >= 11 is 0. The quantitative estimate of drug-likeness (QED) is 0.685. The molecule has 0 heterocycles. The summed E-state index contributed by atoms with van der Waals surface area (Å²) in [4.78, 5) is 21.8. The molecule has 3 heteroatoms. The van der Waals surface area contributed by atoms with E-state index < -0.39 is 5.91 Å². The second kappa shape index (κ2) is 4.83. The Morgan fingerprint density at radius 1 is 1.29 bits per heavy atom. The Bertz CT molecular complexity index is 376. The summed E-state index contributed by atoms with van der Waals surface area (Å²) in [5.41, 5.74) is 0.842. The number of carbonyl (C=O) groups excluding carboxylic acids is 2. The number of amides is 2. The molecule has 0 atom stereocenters. The predicted octanol–water partition coefficient (Wildman–Crippen LogP) is 0.505. The predicted molar refractivity (Wildman–Crippen MR) is 52.1 cm³/mol. The molecule has 0 fully saturated rings. The standard InChI is InChI=1S/C11H9NO2/c1-2-10(13)12-11(14)8-9-6-4-3-5-7-9/h1,3-7H,8H2,(H,12,13,14). The van der Waals surface area contributed by atoms with Gasteiger partial charge < -0.3 is 0 Å². The van der Waals surface area contributed by atoms with Crippen molar-refractivity contribution in [2.45, 2.75) is 6.42 Å². The van der Waals surface area contributed by atoms with Gasteiger partial charge in [-0.05, 0) is 11.5 Å². The molecule has 2 amide bonds. The van der Waals surface area contributed by atoms with Gasteiger partial charge in [0.05, 0.1) is 6.42 Å². The molecule has 0 aliphatic heterocycles. The van der Waals surface area contributed by atoms with Crippen LogP contribution in [0.25, 0.3) is 0 Å². The van der Waals surface area contributed by atoms with E-state index in [1.807, 2.05) is 24.1 Å². The molecule has 14 heavy (non-hydrogen) atoms. The van der Waals surface area contributed by atoms with E-state index in [2.05, 4.69) is 5.32 Å². The third-order valence-corrected chi connectivity index (χ3v) is 1.59. The number of terminal acetylenes is 1. The molecule has 0 aliphatic carbocycles. The zero-order chi connectivity index (χ0) is 10.4. The van der Waals surface area contributed by atoms with E-state index >= 15 is 0 Å². The van der Waals surface area contributed by atoms with Gasteiger partial charge in [0.1, 0.15) is 0 Å². The topological polar surface area (TPSA) is 46.2 Å². The normalized spacial score (nSPS) is 8.79. The van der Waals surface area contributed by atoms with Crippen molar-refractivity contribution in [2.24, 2.45) is 0 Å². The molecule has 1 N–H and O–H groups in total. The molecule has 1 aromatic carbocycles. The minimum absolute atomic E-state index is 0.161. The summed E-state index contributed by atoms with van der Waals surface area (Å²) in [7, 11) is 0. The second-order valence-electron chi connectivity index (χ2n) is 2.68. The van der Waals surface area contributed by atoms with Gasteiger partial charge in [-0.1, -0.05) is 30.3 Å². The average Bonchev–Trinajstić information content (AvgIpc) is 2.19. The van der Waals surface area contributed by atoms with Gasteiger partial charge in [0.15, 0.2) is 0 Å². The fourth-order valence-corrected chi connectivity index (χ4v) is 0.988. The summed E-state index contributed by atoms with van der Waals surface area (Å²) in [6.07, 6.45) is 4.96. The van der Waals surface area contributed by atoms with Crippen LogP contribution in [0.15, 0.2) is 30.3 Å². The Hall–Kier alpha value is -2.08. The first-order valence-electron chi connectivity index (χ1n) is 4.06. The molecule has 0 radical (unpaired) electrons. The first kappa shape index (κ1) is 10.0. The lowest BCUT2D eigenvalue weighted by Crippen LogP contribution is -2.30. The SMILES string of the molecule is C#CC(=O)NC(=O)Cc1ccccc1. The van der Waals surface area contributed by atoms with E-state index in [1.54, 1.807) is 12.1 Å². The smallest absolute Gasteiger partial charge is 0.285 e. The van der Waals surface area contributed by atoms with Gasteiger partial charge in [0.2, 0.25) is 5.91 Å². The number of imide groups is 1.